The van der Waals surface area contributed by atoms with Crippen molar-refractivity contribution in [2.45, 2.75) is 6.04 Å². The van der Waals surface area contributed by atoms with Crippen LogP contribution < -0.4 is 5.73 Å². The van der Waals surface area contributed by atoms with Crippen LogP contribution in [0.2, 0.25) is 0 Å². The van der Waals surface area contributed by atoms with E-state index in [-0.39, 0.29) is 18.5 Å². The number of carbonyl (C=O) groups is 2. The minimum absolute atomic E-state index is 0.173. The van der Waals surface area contributed by atoms with Crippen molar-refractivity contribution in [3.63, 3.8) is 0 Å². The summed E-state index contributed by atoms with van der Waals surface area (Å²) in [6, 6.07) is 0.173. The predicted octanol–water partition coefficient (Wildman–Crippen LogP) is -1.46. The lowest BCUT2D eigenvalue weighted by atomic mass is 10.1. The van der Waals surface area contributed by atoms with Crippen LogP contribution in [0.3, 0.4) is 0 Å². The quantitative estimate of drug-likeness (QED) is 0.665. The van der Waals surface area contributed by atoms with E-state index in [1.165, 1.54) is 4.90 Å². The number of rotatable bonds is 3. The van der Waals surface area contributed by atoms with Crippen LogP contribution in [0.1, 0.15) is 0 Å². The first kappa shape index (κ1) is 13.3. The number of amides is 2. The van der Waals surface area contributed by atoms with Gasteiger partial charge < -0.3 is 15.4 Å². The highest BCUT2D eigenvalue weighted by molar-refractivity contribution is 5.94. The fourth-order valence-electron chi connectivity index (χ4n) is 2.36. The Balaban J connectivity index is 1.91. The molecular formula is C11H20N4O3. The second-order valence-electron chi connectivity index (χ2n) is 4.78. The Morgan fingerprint density at radius 2 is 2.22 bits per heavy atom. The molecule has 18 heavy (non-hydrogen) atoms. The van der Waals surface area contributed by atoms with E-state index in [1.807, 2.05) is 11.9 Å². The first-order valence-electron chi connectivity index (χ1n) is 6.21. The Labute approximate surface area is 106 Å². The molecule has 1 atom stereocenters. The summed E-state index contributed by atoms with van der Waals surface area (Å²) >= 11 is 0. The normalized spacial score (nSPS) is 26.4. The molecule has 2 aliphatic heterocycles. The van der Waals surface area contributed by atoms with Gasteiger partial charge in [-0.15, -0.1) is 0 Å². The maximum atomic E-state index is 12.0. The number of hydrogen-bond donors (Lipinski definition) is 1. The molecule has 2 N–H and O–H groups in total. The molecule has 0 radical (unpaired) electrons. The minimum Gasteiger partial charge on any atom is -0.447 e. The number of hydrogen-bond acceptors (Lipinski definition) is 6. The number of ether oxygens (including phenoxy) is 1. The summed E-state index contributed by atoms with van der Waals surface area (Å²) in [6.45, 7) is 3.98. The highest BCUT2D eigenvalue weighted by Crippen LogP contribution is 2.10. The van der Waals surface area contributed by atoms with Crippen molar-refractivity contribution in [1.29, 1.82) is 0 Å². The molecule has 1 unspecified atom stereocenters. The number of piperazine rings is 1. The second-order valence-corrected chi connectivity index (χ2v) is 4.78. The van der Waals surface area contributed by atoms with Crippen LogP contribution in [0.5, 0.6) is 0 Å². The largest absolute Gasteiger partial charge is 0.447 e. The number of imide groups is 1. The second kappa shape index (κ2) is 5.64. The van der Waals surface area contributed by atoms with Crippen LogP contribution in [0.15, 0.2) is 0 Å². The molecular weight excluding hydrogens is 236 g/mol. The molecule has 0 bridgehead atoms. The average molecular weight is 256 g/mol. The van der Waals surface area contributed by atoms with Crippen molar-refractivity contribution in [2.75, 3.05) is 52.9 Å². The zero-order chi connectivity index (χ0) is 13.1. The first-order valence-corrected chi connectivity index (χ1v) is 6.21. The van der Waals surface area contributed by atoms with E-state index in [0.29, 0.717) is 19.7 Å². The SMILES string of the molecule is CN1CCN(CC(=O)N2CCOC2=O)C(CN)C1. The summed E-state index contributed by atoms with van der Waals surface area (Å²) in [6.07, 6.45) is -0.529. The lowest BCUT2D eigenvalue weighted by Crippen LogP contribution is -2.57. The molecule has 0 aromatic heterocycles. The number of carbonyl (C=O) groups excluding carboxylic acids is 2. The van der Waals surface area contributed by atoms with Crippen molar-refractivity contribution in [3.8, 4) is 0 Å². The average Bonchev–Trinajstić information content (AvgIpc) is 2.77. The van der Waals surface area contributed by atoms with E-state index in [9.17, 15) is 9.59 Å². The van der Waals surface area contributed by atoms with Crippen molar-refractivity contribution in [1.82, 2.24) is 14.7 Å². The molecule has 2 aliphatic rings. The van der Waals surface area contributed by atoms with Crippen molar-refractivity contribution in [3.05, 3.63) is 0 Å². The third-order valence-corrected chi connectivity index (χ3v) is 3.48. The fourth-order valence-corrected chi connectivity index (χ4v) is 2.36. The summed E-state index contributed by atoms with van der Waals surface area (Å²) in [7, 11) is 2.04. The summed E-state index contributed by atoms with van der Waals surface area (Å²) in [5, 5.41) is 0. The third-order valence-electron chi connectivity index (χ3n) is 3.48. The van der Waals surface area contributed by atoms with Gasteiger partial charge in [0.2, 0.25) is 5.91 Å². The van der Waals surface area contributed by atoms with Crippen LogP contribution in [0.25, 0.3) is 0 Å². The Hall–Kier alpha value is -1.18. The molecule has 7 heteroatoms. The van der Waals surface area contributed by atoms with E-state index in [4.69, 9.17) is 10.5 Å². The maximum absolute atomic E-state index is 12.0. The van der Waals surface area contributed by atoms with Gasteiger partial charge in [-0.1, -0.05) is 0 Å². The van der Waals surface area contributed by atoms with Crippen LogP contribution in [-0.4, -0.2) is 85.7 Å². The molecule has 7 nitrogen and oxygen atoms in total. The van der Waals surface area contributed by atoms with Crippen molar-refractivity contribution in [2.24, 2.45) is 5.73 Å². The van der Waals surface area contributed by atoms with Crippen molar-refractivity contribution >= 4 is 12.0 Å². The van der Waals surface area contributed by atoms with E-state index >= 15 is 0 Å². The lowest BCUT2D eigenvalue weighted by Gasteiger charge is -2.39. The number of nitrogens with two attached hydrogens (primary N) is 1. The van der Waals surface area contributed by atoms with Gasteiger partial charge in [0, 0.05) is 32.2 Å². The van der Waals surface area contributed by atoms with Gasteiger partial charge in [-0.3, -0.25) is 9.69 Å². The van der Waals surface area contributed by atoms with Gasteiger partial charge in [0.15, 0.2) is 0 Å². The minimum atomic E-state index is -0.529. The zero-order valence-corrected chi connectivity index (χ0v) is 10.7. The first-order chi connectivity index (χ1) is 8.61. The number of nitrogens with zero attached hydrogens (tertiary/aromatic N) is 3. The molecule has 2 fully saturated rings. The topological polar surface area (TPSA) is 79.1 Å². The monoisotopic (exact) mass is 256 g/mol. The molecule has 2 amide bonds. The molecule has 2 saturated heterocycles. The molecule has 0 aromatic rings. The van der Waals surface area contributed by atoms with Crippen LogP contribution in [-0.2, 0) is 9.53 Å². The van der Waals surface area contributed by atoms with Crippen LogP contribution in [0.4, 0.5) is 4.79 Å². The molecule has 0 aliphatic carbocycles. The third kappa shape index (κ3) is 2.80. The molecule has 0 aromatic carbocycles. The van der Waals surface area contributed by atoms with Gasteiger partial charge in [-0.2, -0.15) is 0 Å². The van der Waals surface area contributed by atoms with Gasteiger partial charge >= 0.3 is 6.09 Å². The van der Waals surface area contributed by atoms with Gasteiger partial charge in [0.05, 0.1) is 13.1 Å². The van der Waals surface area contributed by atoms with E-state index in [0.717, 1.165) is 19.6 Å². The lowest BCUT2D eigenvalue weighted by molar-refractivity contribution is -0.130. The Morgan fingerprint density at radius 3 is 2.83 bits per heavy atom. The van der Waals surface area contributed by atoms with E-state index < -0.39 is 6.09 Å². The molecule has 102 valence electrons. The van der Waals surface area contributed by atoms with Crippen LogP contribution >= 0.6 is 0 Å². The smallest absolute Gasteiger partial charge is 0.416 e. The maximum Gasteiger partial charge on any atom is 0.416 e. The molecule has 0 spiro atoms. The van der Waals surface area contributed by atoms with Gasteiger partial charge in [0.25, 0.3) is 0 Å². The van der Waals surface area contributed by atoms with Crippen molar-refractivity contribution < 1.29 is 14.3 Å². The highest BCUT2D eigenvalue weighted by Gasteiger charge is 2.32. The summed E-state index contributed by atoms with van der Waals surface area (Å²) in [5.74, 6) is -0.194. The molecule has 2 heterocycles. The summed E-state index contributed by atoms with van der Waals surface area (Å²) < 4.78 is 4.76. The standard InChI is InChI=1S/C11H20N4O3/c1-13-2-3-14(9(6-12)7-13)8-10(16)15-4-5-18-11(15)17/h9H,2-8,12H2,1H3. The predicted molar refractivity (Wildman–Crippen MR) is 65.0 cm³/mol. The Morgan fingerprint density at radius 1 is 1.44 bits per heavy atom. The number of likely N-dealkylation sites (N-methyl/N-ethyl adjacent to an activating group) is 1. The van der Waals surface area contributed by atoms with E-state index in [1.54, 1.807) is 0 Å². The van der Waals surface area contributed by atoms with Gasteiger partial charge in [0.1, 0.15) is 6.61 Å². The summed E-state index contributed by atoms with van der Waals surface area (Å²) in [4.78, 5) is 28.7. The Kier molecular flexibility index (Phi) is 4.15. The fraction of sp³-hybridized carbons (Fsp3) is 0.818. The van der Waals surface area contributed by atoms with Gasteiger partial charge in [-0.25, -0.2) is 9.69 Å². The molecule has 2 rings (SSSR count). The Bertz CT molecular complexity index is 336. The highest BCUT2D eigenvalue weighted by atomic mass is 16.6. The van der Waals surface area contributed by atoms with Gasteiger partial charge in [-0.05, 0) is 7.05 Å². The van der Waals surface area contributed by atoms with Crippen LogP contribution in [0, 0.1) is 0 Å². The zero-order valence-electron chi connectivity index (χ0n) is 10.7. The number of cyclic esters (lactones) is 1. The van der Waals surface area contributed by atoms with E-state index in [2.05, 4.69) is 4.90 Å². The molecule has 0 saturated carbocycles. The summed E-state index contributed by atoms with van der Waals surface area (Å²) in [5.41, 5.74) is 5.73.